The first-order valence-corrected chi connectivity index (χ1v) is 6.10. The van der Waals surface area contributed by atoms with Gasteiger partial charge in [0.15, 0.2) is 0 Å². The van der Waals surface area contributed by atoms with E-state index in [0.717, 1.165) is 16.7 Å². The van der Waals surface area contributed by atoms with Gasteiger partial charge in [-0.3, -0.25) is 4.98 Å². The van der Waals surface area contributed by atoms with Gasteiger partial charge in [0.05, 0.1) is 13.3 Å². The van der Waals surface area contributed by atoms with Gasteiger partial charge in [-0.25, -0.2) is 4.39 Å². The molecule has 1 atom stereocenters. The summed E-state index contributed by atoms with van der Waals surface area (Å²) in [6, 6.07) is 6.40. The van der Waals surface area contributed by atoms with Crippen molar-refractivity contribution in [2.24, 2.45) is 5.73 Å². The van der Waals surface area contributed by atoms with Crippen molar-refractivity contribution in [2.75, 3.05) is 7.11 Å². The number of hydrogen-bond acceptors (Lipinski definition) is 3. The van der Waals surface area contributed by atoms with Gasteiger partial charge in [-0.2, -0.15) is 0 Å². The minimum atomic E-state index is -0.226. The molecule has 1 aromatic heterocycles. The Morgan fingerprint density at radius 1 is 1.37 bits per heavy atom. The van der Waals surface area contributed by atoms with E-state index >= 15 is 0 Å². The average molecular weight is 260 g/mol. The number of halogens is 1. The number of aryl methyl sites for hydroxylation is 1. The molecule has 100 valence electrons. The summed E-state index contributed by atoms with van der Waals surface area (Å²) in [4.78, 5) is 4.00. The number of nitrogens with two attached hydrogens (primary N) is 1. The zero-order valence-electron chi connectivity index (χ0n) is 11.1. The summed E-state index contributed by atoms with van der Waals surface area (Å²) in [6.45, 7) is 1.88. The molecule has 0 aliphatic carbocycles. The van der Waals surface area contributed by atoms with E-state index in [1.807, 2.05) is 13.0 Å². The highest BCUT2D eigenvalue weighted by Crippen LogP contribution is 2.25. The largest absolute Gasteiger partial charge is 0.495 e. The van der Waals surface area contributed by atoms with Crippen LogP contribution in [0.5, 0.6) is 5.75 Å². The second-order valence-corrected chi connectivity index (χ2v) is 4.50. The molecular weight excluding hydrogens is 243 g/mol. The number of ether oxygens (including phenoxy) is 1. The normalized spacial score (nSPS) is 12.2. The highest BCUT2D eigenvalue weighted by Gasteiger charge is 2.13. The second kappa shape index (κ2) is 5.80. The Morgan fingerprint density at radius 2 is 2.16 bits per heavy atom. The fourth-order valence-corrected chi connectivity index (χ4v) is 2.10. The minimum absolute atomic E-state index is 0.206. The molecule has 1 unspecified atom stereocenters. The molecule has 0 radical (unpaired) electrons. The zero-order valence-corrected chi connectivity index (χ0v) is 11.1. The number of aromatic nitrogens is 1. The molecule has 4 heteroatoms. The Labute approximate surface area is 112 Å². The summed E-state index contributed by atoms with van der Waals surface area (Å²) in [5.74, 6) is 0.450. The van der Waals surface area contributed by atoms with Crippen LogP contribution in [-0.2, 0) is 6.42 Å². The molecule has 2 aromatic rings. The number of hydrogen-bond donors (Lipinski definition) is 1. The highest BCUT2D eigenvalue weighted by atomic mass is 19.1. The SMILES string of the molecule is COc1cnccc1C(N)Cc1ccc(F)cc1C. The van der Waals surface area contributed by atoms with Crippen LogP contribution in [0.2, 0.25) is 0 Å². The summed E-state index contributed by atoms with van der Waals surface area (Å²) in [6.07, 6.45) is 3.97. The van der Waals surface area contributed by atoms with E-state index in [2.05, 4.69) is 4.98 Å². The zero-order chi connectivity index (χ0) is 13.8. The van der Waals surface area contributed by atoms with Crippen LogP contribution in [0.25, 0.3) is 0 Å². The van der Waals surface area contributed by atoms with Crippen molar-refractivity contribution >= 4 is 0 Å². The second-order valence-electron chi connectivity index (χ2n) is 4.50. The van der Waals surface area contributed by atoms with Crippen molar-refractivity contribution in [2.45, 2.75) is 19.4 Å². The summed E-state index contributed by atoms with van der Waals surface area (Å²) >= 11 is 0. The molecule has 0 amide bonds. The average Bonchev–Trinajstić information content (AvgIpc) is 2.41. The maximum Gasteiger partial charge on any atom is 0.141 e. The van der Waals surface area contributed by atoms with E-state index in [-0.39, 0.29) is 11.9 Å². The van der Waals surface area contributed by atoms with Gasteiger partial charge in [-0.1, -0.05) is 6.07 Å². The third kappa shape index (κ3) is 3.09. The fourth-order valence-electron chi connectivity index (χ4n) is 2.10. The van der Waals surface area contributed by atoms with Gasteiger partial charge in [-0.05, 0) is 42.7 Å². The lowest BCUT2D eigenvalue weighted by Crippen LogP contribution is -2.15. The van der Waals surface area contributed by atoms with Crippen LogP contribution in [0.1, 0.15) is 22.7 Å². The first-order chi connectivity index (χ1) is 9.11. The summed E-state index contributed by atoms with van der Waals surface area (Å²) in [5, 5.41) is 0. The molecule has 0 aliphatic heterocycles. The van der Waals surface area contributed by atoms with Crippen molar-refractivity contribution < 1.29 is 9.13 Å². The number of rotatable bonds is 4. The van der Waals surface area contributed by atoms with Gasteiger partial charge < -0.3 is 10.5 Å². The van der Waals surface area contributed by atoms with Crippen molar-refractivity contribution in [3.8, 4) is 5.75 Å². The molecule has 0 saturated carbocycles. The van der Waals surface area contributed by atoms with E-state index in [9.17, 15) is 4.39 Å². The van der Waals surface area contributed by atoms with Crippen LogP contribution in [0.3, 0.4) is 0 Å². The Balaban J connectivity index is 2.23. The van der Waals surface area contributed by atoms with Crippen molar-refractivity contribution in [1.29, 1.82) is 0 Å². The molecule has 1 heterocycles. The molecule has 0 fully saturated rings. The smallest absolute Gasteiger partial charge is 0.141 e. The Kier molecular flexibility index (Phi) is 4.12. The van der Waals surface area contributed by atoms with Gasteiger partial charge in [0.2, 0.25) is 0 Å². The van der Waals surface area contributed by atoms with Gasteiger partial charge in [0.25, 0.3) is 0 Å². The van der Waals surface area contributed by atoms with Crippen LogP contribution in [0.4, 0.5) is 4.39 Å². The molecule has 19 heavy (non-hydrogen) atoms. The summed E-state index contributed by atoms with van der Waals surface area (Å²) in [7, 11) is 1.59. The molecule has 1 aromatic carbocycles. The Morgan fingerprint density at radius 3 is 2.84 bits per heavy atom. The lowest BCUT2D eigenvalue weighted by molar-refractivity contribution is 0.403. The Hall–Kier alpha value is -1.94. The van der Waals surface area contributed by atoms with Crippen molar-refractivity contribution in [1.82, 2.24) is 4.98 Å². The van der Waals surface area contributed by atoms with E-state index in [0.29, 0.717) is 12.2 Å². The van der Waals surface area contributed by atoms with E-state index in [1.54, 1.807) is 25.6 Å². The lowest BCUT2D eigenvalue weighted by Gasteiger charge is -2.16. The predicted octanol–water partition coefficient (Wildman–Crippen LogP) is 2.78. The quantitative estimate of drug-likeness (QED) is 0.919. The maximum absolute atomic E-state index is 13.1. The summed E-state index contributed by atoms with van der Waals surface area (Å²) < 4.78 is 18.3. The molecule has 3 nitrogen and oxygen atoms in total. The number of benzene rings is 1. The third-order valence-corrected chi connectivity index (χ3v) is 3.18. The number of nitrogens with zero attached hydrogens (tertiary/aromatic N) is 1. The monoisotopic (exact) mass is 260 g/mol. The van der Waals surface area contributed by atoms with Crippen molar-refractivity contribution in [3.63, 3.8) is 0 Å². The summed E-state index contributed by atoms with van der Waals surface area (Å²) in [5.41, 5.74) is 9.05. The number of methoxy groups -OCH3 is 1. The molecule has 0 aliphatic rings. The molecule has 0 saturated heterocycles. The fraction of sp³-hybridized carbons (Fsp3) is 0.267. The van der Waals surface area contributed by atoms with Gasteiger partial charge in [-0.15, -0.1) is 0 Å². The predicted molar refractivity (Wildman–Crippen MR) is 72.6 cm³/mol. The minimum Gasteiger partial charge on any atom is -0.495 e. The van der Waals surface area contributed by atoms with Crippen LogP contribution < -0.4 is 10.5 Å². The lowest BCUT2D eigenvalue weighted by atomic mass is 9.97. The molecule has 2 rings (SSSR count). The third-order valence-electron chi connectivity index (χ3n) is 3.18. The highest BCUT2D eigenvalue weighted by molar-refractivity contribution is 5.35. The number of pyridine rings is 1. The molecular formula is C15H17FN2O. The topological polar surface area (TPSA) is 48.1 Å². The van der Waals surface area contributed by atoms with Crippen LogP contribution in [-0.4, -0.2) is 12.1 Å². The van der Waals surface area contributed by atoms with Crippen LogP contribution in [0, 0.1) is 12.7 Å². The molecule has 0 bridgehead atoms. The van der Waals surface area contributed by atoms with E-state index < -0.39 is 0 Å². The standard InChI is InChI=1S/C15H17FN2O/c1-10-7-12(16)4-3-11(10)8-14(17)13-5-6-18-9-15(13)19-2/h3-7,9,14H,8,17H2,1-2H3. The Bertz CT molecular complexity index is 572. The van der Waals surface area contributed by atoms with E-state index in [1.165, 1.54) is 12.1 Å². The maximum atomic E-state index is 13.1. The van der Waals surface area contributed by atoms with E-state index in [4.69, 9.17) is 10.5 Å². The van der Waals surface area contributed by atoms with Gasteiger partial charge in [0.1, 0.15) is 11.6 Å². The first-order valence-electron chi connectivity index (χ1n) is 6.10. The van der Waals surface area contributed by atoms with Crippen LogP contribution in [0.15, 0.2) is 36.7 Å². The first kappa shape index (κ1) is 13.5. The molecule has 2 N–H and O–H groups in total. The molecule has 0 spiro atoms. The van der Waals surface area contributed by atoms with Gasteiger partial charge >= 0.3 is 0 Å². The van der Waals surface area contributed by atoms with Gasteiger partial charge in [0, 0.05) is 17.8 Å². The van der Waals surface area contributed by atoms with Crippen LogP contribution >= 0.6 is 0 Å². The van der Waals surface area contributed by atoms with Crippen molar-refractivity contribution in [3.05, 3.63) is 59.2 Å².